The molecule has 1 heterocycles. The molecule has 0 aromatic heterocycles. The van der Waals surface area contributed by atoms with Crippen LogP contribution in [0.5, 0.6) is 0 Å². The molecule has 2 heteroatoms. The summed E-state index contributed by atoms with van der Waals surface area (Å²) in [5.41, 5.74) is 3.56. The van der Waals surface area contributed by atoms with E-state index in [1.54, 1.807) is 11.1 Å². The van der Waals surface area contributed by atoms with Gasteiger partial charge in [-0.25, -0.2) is 0 Å². The van der Waals surface area contributed by atoms with Crippen LogP contribution in [0.3, 0.4) is 0 Å². The predicted octanol–water partition coefficient (Wildman–Crippen LogP) is 3.50. The standard InChI is InChI=1S/C19H32N2/c1-4-19(5-2,15-20-6-3)16-21-13-11-17-9-7-8-10-18(17)12-14-21/h7-10,20H,4-6,11-16H2,1-3H3. The van der Waals surface area contributed by atoms with E-state index in [4.69, 9.17) is 0 Å². The van der Waals surface area contributed by atoms with Gasteiger partial charge in [-0.15, -0.1) is 0 Å². The van der Waals surface area contributed by atoms with E-state index in [0.717, 1.165) is 13.1 Å². The van der Waals surface area contributed by atoms with Gasteiger partial charge in [0.25, 0.3) is 0 Å². The van der Waals surface area contributed by atoms with E-state index >= 15 is 0 Å². The summed E-state index contributed by atoms with van der Waals surface area (Å²) in [5.74, 6) is 0. The first-order valence-electron chi connectivity index (χ1n) is 8.73. The lowest BCUT2D eigenvalue weighted by molar-refractivity contribution is 0.138. The van der Waals surface area contributed by atoms with E-state index in [1.807, 2.05) is 0 Å². The molecule has 1 aliphatic heterocycles. The summed E-state index contributed by atoms with van der Waals surface area (Å²) < 4.78 is 0. The maximum Gasteiger partial charge on any atom is 0.00502 e. The highest BCUT2D eigenvalue weighted by molar-refractivity contribution is 5.28. The smallest absolute Gasteiger partial charge is 0.00502 e. The molecule has 0 radical (unpaired) electrons. The topological polar surface area (TPSA) is 15.3 Å². The largest absolute Gasteiger partial charge is 0.316 e. The molecule has 0 unspecified atom stereocenters. The Labute approximate surface area is 130 Å². The van der Waals surface area contributed by atoms with Crippen molar-refractivity contribution in [2.45, 2.75) is 46.5 Å². The number of benzene rings is 1. The van der Waals surface area contributed by atoms with Gasteiger partial charge in [0.05, 0.1) is 0 Å². The lowest BCUT2D eigenvalue weighted by Gasteiger charge is -2.37. The fourth-order valence-electron chi connectivity index (χ4n) is 3.52. The van der Waals surface area contributed by atoms with E-state index in [2.05, 4.69) is 55.3 Å². The summed E-state index contributed by atoms with van der Waals surface area (Å²) in [6.07, 6.45) is 4.95. The predicted molar refractivity (Wildman–Crippen MR) is 91.8 cm³/mol. The van der Waals surface area contributed by atoms with Gasteiger partial charge in [-0.1, -0.05) is 45.0 Å². The van der Waals surface area contributed by atoms with Crippen molar-refractivity contribution in [2.24, 2.45) is 5.41 Å². The first kappa shape index (κ1) is 16.5. The lowest BCUT2D eigenvalue weighted by atomic mass is 9.81. The molecule has 1 N–H and O–H groups in total. The van der Waals surface area contributed by atoms with Crippen LogP contribution in [0.25, 0.3) is 0 Å². The second-order valence-corrected chi connectivity index (χ2v) is 6.53. The number of nitrogens with one attached hydrogen (secondary N) is 1. The molecular weight excluding hydrogens is 256 g/mol. The zero-order valence-electron chi connectivity index (χ0n) is 14.1. The van der Waals surface area contributed by atoms with Gasteiger partial charge in [0, 0.05) is 26.2 Å². The Balaban J connectivity index is 1.99. The van der Waals surface area contributed by atoms with Crippen LogP contribution in [0.15, 0.2) is 24.3 Å². The SMILES string of the molecule is CCNCC(CC)(CC)CN1CCc2ccccc2CC1. The van der Waals surface area contributed by atoms with Gasteiger partial charge >= 0.3 is 0 Å². The van der Waals surface area contributed by atoms with E-state index in [9.17, 15) is 0 Å². The van der Waals surface area contributed by atoms with Crippen molar-refractivity contribution in [1.29, 1.82) is 0 Å². The molecule has 0 saturated heterocycles. The summed E-state index contributed by atoms with van der Waals surface area (Å²) in [4.78, 5) is 2.70. The summed E-state index contributed by atoms with van der Waals surface area (Å²) in [6.45, 7) is 12.8. The Hall–Kier alpha value is -0.860. The van der Waals surface area contributed by atoms with Crippen molar-refractivity contribution >= 4 is 0 Å². The van der Waals surface area contributed by atoms with E-state index in [0.29, 0.717) is 5.41 Å². The average Bonchev–Trinajstić information content (AvgIpc) is 2.74. The number of rotatable bonds is 7. The third-order valence-corrected chi connectivity index (χ3v) is 5.32. The molecule has 1 aromatic carbocycles. The Morgan fingerprint density at radius 1 is 1.00 bits per heavy atom. The summed E-state index contributed by atoms with van der Waals surface area (Å²) in [6, 6.07) is 8.98. The summed E-state index contributed by atoms with van der Waals surface area (Å²) in [5, 5.41) is 3.59. The normalized spacial score (nSPS) is 16.5. The quantitative estimate of drug-likeness (QED) is 0.826. The van der Waals surface area contributed by atoms with Crippen LogP contribution in [-0.4, -0.2) is 37.6 Å². The minimum atomic E-state index is 0.437. The van der Waals surface area contributed by atoms with Gasteiger partial charge in [-0.3, -0.25) is 0 Å². The van der Waals surface area contributed by atoms with Crippen LogP contribution >= 0.6 is 0 Å². The van der Waals surface area contributed by atoms with Crippen LogP contribution < -0.4 is 5.32 Å². The zero-order valence-corrected chi connectivity index (χ0v) is 14.1. The van der Waals surface area contributed by atoms with Gasteiger partial charge in [0.1, 0.15) is 0 Å². The van der Waals surface area contributed by atoms with Crippen molar-refractivity contribution in [3.8, 4) is 0 Å². The minimum absolute atomic E-state index is 0.437. The molecule has 0 fully saturated rings. The molecule has 21 heavy (non-hydrogen) atoms. The number of nitrogens with zero attached hydrogens (tertiary/aromatic N) is 1. The van der Waals surface area contributed by atoms with Crippen LogP contribution in [-0.2, 0) is 12.8 Å². The number of fused-ring (bicyclic) bond motifs is 1. The van der Waals surface area contributed by atoms with Gasteiger partial charge in [0.15, 0.2) is 0 Å². The van der Waals surface area contributed by atoms with Crippen molar-refractivity contribution < 1.29 is 0 Å². The number of hydrogen-bond acceptors (Lipinski definition) is 2. The Morgan fingerprint density at radius 3 is 2.05 bits per heavy atom. The fourth-order valence-corrected chi connectivity index (χ4v) is 3.52. The molecule has 118 valence electrons. The number of hydrogen-bond donors (Lipinski definition) is 1. The molecule has 1 aliphatic rings. The van der Waals surface area contributed by atoms with Crippen molar-refractivity contribution in [3.05, 3.63) is 35.4 Å². The van der Waals surface area contributed by atoms with Crippen LogP contribution in [0.4, 0.5) is 0 Å². The average molecular weight is 288 g/mol. The minimum Gasteiger partial charge on any atom is -0.316 e. The van der Waals surface area contributed by atoms with Crippen LogP contribution in [0.2, 0.25) is 0 Å². The Bertz CT molecular complexity index is 396. The lowest BCUT2D eigenvalue weighted by Crippen LogP contribution is -2.44. The molecule has 0 spiro atoms. The first-order valence-corrected chi connectivity index (χ1v) is 8.73. The first-order chi connectivity index (χ1) is 10.2. The summed E-state index contributed by atoms with van der Waals surface area (Å²) in [7, 11) is 0. The maximum absolute atomic E-state index is 3.59. The van der Waals surface area contributed by atoms with E-state index < -0.39 is 0 Å². The second kappa shape index (κ2) is 7.95. The molecule has 0 saturated carbocycles. The third kappa shape index (κ3) is 4.31. The fraction of sp³-hybridized carbons (Fsp3) is 0.684. The molecular formula is C19H32N2. The molecule has 1 aromatic rings. The Kier molecular flexibility index (Phi) is 6.25. The highest BCUT2D eigenvalue weighted by Crippen LogP contribution is 2.28. The second-order valence-electron chi connectivity index (χ2n) is 6.53. The third-order valence-electron chi connectivity index (χ3n) is 5.32. The maximum atomic E-state index is 3.59. The Morgan fingerprint density at radius 2 is 1.57 bits per heavy atom. The zero-order chi connectivity index (χ0) is 15.1. The van der Waals surface area contributed by atoms with Gasteiger partial charge in [0.2, 0.25) is 0 Å². The molecule has 0 amide bonds. The monoisotopic (exact) mass is 288 g/mol. The van der Waals surface area contributed by atoms with E-state index in [-0.39, 0.29) is 0 Å². The van der Waals surface area contributed by atoms with E-state index in [1.165, 1.54) is 45.3 Å². The van der Waals surface area contributed by atoms with Gasteiger partial charge < -0.3 is 10.2 Å². The van der Waals surface area contributed by atoms with Crippen LogP contribution in [0, 0.1) is 5.41 Å². The van der Waals surface area contributed by atoms with Crippen molar-refractivity contribution in [3.63, 3.8) is 0 Å². The summed E-state index contributed by atoms with van der Waals surface area (Å²) >= 11 is 0. The highest BCUT2D eigenvalue weighted by Gasteiger charge is 2.29. The highest BCUT2D eigenvalue weighted by atomic mass is 15.1. The molecule has 2 nitrogen and oxygen atoms in total. The van der Waals surface area contributed by atoms with Gasteiger partial charge in [-0.05, 0) is 48.8 Å². The van der Waals surface area contributed by atoms with Crippen molar-refractivity contribution in [2.75, 3.05) is 32.7 Å². The van der Waals surface area contributed by atoms with Crippen LogP contribution in [0.1, 0.15) is 44.7 Å². The van der Waals surface area contributed by atoms with Crippen molar-refractivity contribution in [1.82, 2.24) is 10.2 Å². The molecule has 2 rings (SSSR count). The molecule has 0 bridgehead atoms. The molecule has 0 atom stereocenters. The van der Waals surface area contributed by atoms with Gasteiger partial charge in [-0.2, -0.15) is 0 Å². The molecule has 0 aliphatic carbocycles.